The summed E-state index contributed by atoms with van der Waals surface area (Å²) in [6.07, 6.45) is 4.70. The molecule has 0 saturated carbocycles. The highest BCUT2D eigenvalue weighted by Gasteiger charge is 2.19. The number of piperidine rings is 1. The minimum absolute atomic E-state index is 0.275. The molecule has 2 unspecified atom stereocenters. The van der Waals surface area contributed by atoms with E-state index in [0.717, 1.165) is 31.2 Å². The molecule has 1 aliphatic rings. The maximum absolute atomic E-state index is 8.95. The summed E-state index contributed by atoms with van der Waals surface area (Å²) in [6.45, 7) is 1.33. The molecule has 2 atom stereocenters. The van der Waals surface area contributed by atoms with E-state index in [9.17, 15) is 0 Å². The summed E-state index contributed by atoms with van der Waals surface area (Å²) in [5.74, 6) is 1.55. The van der Waals surface area contributed by atoms with Gasteiger partial charge < -0.3 is 10.4 Å². The van der Waals surface area contributed by atoms with E-state index in [0.29, 0.717) is 6.04 Å². The third-order valence-electron chi connectivity index (χ3n) is 2.57. The lowest BCUT2D eigenvalue weighted by Crippen LogP contribution is -2.40. The Morgan fingerprint density at radius 2 is 2.33 bits per heavy atom. The number of alkyl halides is 1. The van der Waals surface area contributed by atoms with Crippen LogP contribution in [0.3, 0.4) is 0 Å². The Bertz CT molecular complexity index is 121. The molecule has 0 aromatic carbocycles. The number of rotatable bonds is 4. The molecule has 0 amide bonds. The standard InChI is InChI=1S/C9H18ClNO/c10-4-1-2-8-3-5-11-9(6-8)7-12/h8-9,11-12H,1-7H2. The quantitative estimate of drug-likeness (QED) is 0.658. The first kappa shape index (κ1) is 10.3. The third kappa shape index (κ3) is 3.30. The minimum atomic E-state index is 0.275. The number of hydrogen-bond acceptors (Lipinski definition) is 2. The van der Waals surface area contributed by atoms with Crippen molar-refractivity contribution in [2.24, 2.45) is 5.92 Å². The summed E-state index contributed by atoms with van der Waals surface area (Å²) < 4.78 is 0. The van der Waals surface area contributed by atoms with Gasteiger partial charge in [0, 0.05) is 11.9 Å². The maximum atomic E-state index is 8.95. The van der Waals surface area contributed by atoms with Crippen LogP contribution in [0.1, 0.15) is 25.7 Å². The number of hydrogen-bond donors (Lipinski definition) is 2. The van der Waals surface area contributed by atoms with Gasteiger partial charge in [0.15, 0.2) is 0 Å². The van der Waals surface area contributed by atoms with E-state index in [1.54, 1.807) is 0 Å². The van der Waals surface area contributed by atoms with Crippen LogP contribution in [0.15, 0.2) is 0 Å². The molecule has 1 rings (SSSR count). The SMILES string of the molecule is OCC1CC(CCCCl)CCN1. The second-order valence-corrected chi connectivity index (χ2v) is 3.93. The average molecular weight is 192 g/mol. The van der Waals surface area contributed by atoms with Crippen molar-refractivity contribution in [1.29, 1.82) is 0 Å². The third-order valence-corrected chi connectivity index (χ3v) is 2.84. The van der Waals surface area contributed by atoms with Crippen LogP contribution in [0.5, 0.6) is 0 Å². The van der Waals surface area contributed by atoms with Crippen molar-refractivity contribution in [2.75, 3.05) is 19.0 Å². The van der Waals surface area contributed by atoms with Crippen molar-refractivity contribution in [2.45, 2.75) is 31.7 Å². The van der Waals surface area contributed by atoms with Crippen LogP contribution >= 0.6 is 11.6 Å². The van der Waals surface area contributed by atoms with Crippen molar-refractivity contribution in [1.82, 2.24) is 5.32 Å². The number of nitrogens with one attached hydrogen (secondary N) is 1. The Morgan fingerprint density at radius 3 is 3.00 bits per heavy atom. The summed E-state index contributed by atoms with van der Waals surface area (Å²) in [7, 11) is 0. The molecule has 0 aromatic rings. The first-order chi connectivity index (χ1) is 5.86. The maximum Gasteiger partial charge on any atom is 0.0584 e. The molecule has 0 bridgehead atoms. The van der Waals surface area contributed by atoms with Crippen molar-refractivity contribution < 1.29 is 5.11 Å². The highest BCUT2D eigenvalue weighted by molar-refractivity contribution is 6.17. The molecule has 2 nitrogen and oxygen atoms in total. The molecule has 3 heteroatoms. The normalized spacial score (nSPS) is 30.5. The molecular formula is C9H18ClNO. The molecule has 0 spiro atoms. The van der Waals surface area contributed by atoms with Gasteiger partial charge in [-0.25, -0.2) is 0 Å². The largest absolute Gasteiger partial charge is 0.395 e. The monoisotopic (exact) mass is 191 g/mol. The van der Waals surface area contributed by atoms with E-state index in [1.165, 1.54) is 12.8 Å². The van der Waals surface area contributed by atoms with Crippen LogP contribution < -0.4 is 5.32 Å². The van der Waals surface area contributed by atoms with Crippen LogP contribution in [-0.2, 0) is 0 Å². The zero-order chi connectivity index (χ0) is 8.81. The lowest BCUT2D eigenvalue weighted by atomic mass is 9.89. The Kier molecular flexibility index (Phi) is 4.96. The summed E-state index contributed by atoms with van der Waals surface area (Å²) in [5, 5.41) is 12.2. The second kappa shape index (κ2) is 5.79. The molecule has 0 radical (unpaired) electrons. The van der Waals surface area contributed by atoms with Gasteiger partial charge in [0.1, 0.15) is 0 Å². The van der Waals surface area contributed by atoms with Gasteiger partial charge in [0.2, 0.25) is 0 Å². The van der Waals surface area contributed by atoms with E-state index in [1.807, 2.05) is 0 Å². The Balaban J connectivity index is 2.16. The summed E-state index contributed by atoms with van der Waals surface area (Å²) in [6, 6.07) is 0.332. The fraction of sp³-hybridized carbons (Fsp3) is 1.00. The lowest BCUT2D eigenvalue weighted by Gasteiger charge is -2.28. The zero-order valence-electron chi connectivity index (χ0n) is 7.43. The van der Waals surface area contributed by atoms with E-state index < -0.39 is 0 Å². The van der Waals surface area contributed by atoms with E-state index in [-0.39, 0.29) is 6.61 Å². The average Bonchev–Trinajstić information content (AvgIpc) is 2.15. The molecule has 12 heavy (non-hydrogen) atoms. The molecule has 1 aliphatic heterocycles. The van der Waals surface area contributed by atoms with Gasteiger partial charge in [-0.15, -0.1) is 11.6 Å². The zero-order valence-corrected chi connectivity index (χ0v) is 8.19. The topological polar surface area (TPSA) is 32.3 Å². The van der Waals surface area contributed by atoms with Crippen LogP contribution in [0.4, 0.5) is 0 Å². The fourth-order valence-electron chi connectivity index (χ4n) is 1.86. The first-order valence-corrected chi connectivity index (χ1v) is 5.30. The van der Waals surface area contributed by atoms with E-state index in [4.69, 9.17) is 16.7 Å². The number of aliphatic hydroxyl groups excluding tert-OH is 1. The van der Waals surface area contributed by atoms with Gasteiger partial charge in [-0.05, 0) is 38.1 Å². The van der Waals surface area contributed by atoms with Crippen molar-refractivity contribution in [3.8, 4) is 0 Å². The predicted octanol–water partition coefficient (Wildman–Crippen LogP) is 1.37. The lowest BCUT2D eigenvalue weighted by molar-refractivity contribution is 0.188. The van der Waals surface area contributed by atoms with Crippen molar-refractivity contribution >= 4 is 11.6 Å². The summed E-state index contributed by atoms with van der Waals surface area (Å²) in [4.78, 5) is 0. The van der Waals surface area contributed by atoms with Gasteiger partial charge in [-0.1, -0.05) is 0 Å². The first-order valence-electron chi connectivity index (χ1n) is 4.77. The van der Waals surface area contributed by atoms with Gasteiger partial charge in [0.25, 0.3) is 0 Å². The van der Waals surface area contributed by atoms with E-state index in [2.05, 4.69) is 5.32 Å². The van der Waals surface area contributed by atoms with Crippen LogP contribution in [0.25, 0.3) is 0 Å². The smallest absolute Gasteiger partial charge is 0.0584 e. The summed E-state index contributed by atoms with van der Waals surface area (Å²) in [5.41, 5.74) is 0. The highest BCUT2D eigenvalue weighted by atomic mass is 35.5. The second-order valence-electron chi connectivity index (χ2n) is 3.56. The summed E-state index contributed by atoms with van der Waals surface area (Å²) >= 11 is 5.63. The van der Waals surface area contributed by atoms with Crippen molar-refractivity contribution in [3.63, 3.8) is 0 Å². The number of aliphatic hydroxyl groups is 1. The molecule has 1 saturated heterocycles. The van der Waals surface area contributed by atoms with Crippen molar-refractivity contribution in [3.05, 3.63) is 0 Å². The molecule has 2 N–H and O–H groups in total. The Morgan fingerprint density at radius 1 is 1.50 bits per heavy atom. The van der Waals surface area contributed by atoms with E-state index >= 15 is 0 Å². The molecule has 0 aromatic heterocycles. The molecular weight excluding hydrogens is 174 g/mol. The van der Waals surface area contributed by atoms with Crippen LogP contribution in [-0.4, -0.2) is 30.2 Å². The van der Waals surface area contributed by atoms with Gasteiger partial charge >= 0.3 is 0 Å². The molecule has 1 heterocycles. The Labute approximate surface area is 79.3 Å². The fourth-order valence-corrected chi connectivity index (χ4v) is 2.02. The van der Waals surface area contributed by atoms with Gasteiger partial charge in [-0.2, -0.15) is 0 Å². The van der Waals surface area contributed by atoms with Gasteiger partial charge in [0.05, 0.1) is 6.61 Å². The molecule has 0 aliphatic carbocycles. The Hall–Kier alpha value is 0.210. The number of halogens is 1. The minimum Gasteiger partial charge on any atom is -0.395 e. The predicted molar refractivity (Wildman–Crippen MR) is 51.6 cm³/mol. The van der Waals surface area contributed by atoms with Crippen LogP contribution in [0, 0.1) is 5.92 Å². The molecule has 1 fully saturated rings. The van der Waals surface area contributed by atoms with Crippen LogP contribution in [0.2, 0.25) is 0 Å². The molecule has 72 valence electrons. The van der Waals surface area contributed by atoms with Gasteiger partial charge in [-0.3, -0.25) is 0 Å². The highest BCUT2D eigenvalue weighted by Crippen LogP contribution is 2.21.